The van der Waals surface area contributed by atoms with Crippen molar-refractivity contribution in [2.45, 2.75) is 18.8 Å². The van der Waals surface area contributed by atoms with Gasteiger partial charge in [0.1, 0.15) is 5.38 Å². The molecule has 1 amide bonds. The molecule has 0 bridgehead atoms. The number of hydrogen-bond acceptors (Lipinski definition) is 1. The van der Waals surface area contributed by atoms with E-state index in [2.05, 4.69) is 0 Å². The molecule has 0 aromatic heterocycles. The van der Waals surface area contributed by atoms with Gasteiger partial charge in [-0.3, -0.25) is 4.79 Å². The van der Waals surface area contributed by atoms with Crippen LogP contribution in [0.5, 0.6) is 0 Å². The van der Waals surface area contributed by atoms with Crippen molar-refractivity contribution < 1.29 is 4.79 Å². The number of benzene rings is 1. The molecule has 88 valence electrons. The van der Waals surface area contributed by atoms with Gasteiger partial charge in [-0.05, 0) is 24.6 Å². The molecule has 0 aliphatic carbocycles. The number of rotatable bonds is 3. The summed E-state index contributed by atoms with van der Waals surface area (Å²) in [5.74, 6) is -0.132. The summed E-state index contributed by atoms with van der Waals surface area (Å²) in [5, 5.41) is 0.596. The number of amides is 1. The van der Waals surface area contributed by atoms with Gasteiger partial charge in [0.25, 0.3) is 0 Å². The molecular formula is C11H12Cl3NO. The van der Waals surface area contributed by atoms with Crippen LogP contribution in [-0.4, -0.2) is 23.2 Å². The Kier molecular flexibility index (Phi) is 4.90. The fourth-order valence-electron chi connectivity index (χ4n) is 1.29. The highest BCUT2D eigenvalue weighted by Crippen LogP contribution is 2.22. The van der Waals surface area contributed by atoms with Crippen LogP contribution in [0.1, 0.15) is 12.5 Å². The van der Waals surface area contributed by atoms with Crippen molar-refractivity contribution in [1.82, 2.24) is 4.90 Å². The summed E-state index contributed by atoms with van der Waals surface area (Å²) in [7, 11) is 1.69. The van der Waals surface area contributed by atoms with Gasteiger partial charge >= 0.3 is 0 Å². The van der Waals surface area contributed by atoms with Crippen molar-refractivity contribution >= 4 is 40.7 Å². The Morgan fingerprint density at radius 2 is 2.06 bits per heavy atom. The largest absolute Gasteiger partial charge is 0.340 e. The van der Waals surface area contributed by atoms with E-state index in [1.54, 1.807) is 32.2 Å². The van der Waals surface area contributed by atoms with Gasteiger partial charge in [-0.15, -0.1) is 11.6 Å². The summed E-state index contributed by atoms with van der Waals surface area (Å²) in [4.78, 5) is 13.1. The molecule has 16 heavy (non-hydrogen) atoms. The Balaban J connectivity index is 2.77. The van der Waals surface area contributed by atoms with Crippen molar-refractivity contribution in [2.24, 2.45) is 0 Å². The monoisotopic (exact) mass is 279 g/mol. The zero-order valence-corrected chi connectivity index (χ0v) is 11.3. The first kappa shape index (κ1) is 13.6. The van der Waals surface area contributed by atoms with Crippen LogP contribution in [0.15, 0.2) is 18.2 Å². The Hall–Kier alpha value is -0.440. The zero-order valence-electron chi connectivity index (χ0n) is 9.01. The third kappa shape index (κ3) is 3.55. The summed E-state index contributed by atoms with van der Waals surface area (Å²) in [6.07, 6.45) is 0. The smallest absolute Gasteiger partial charge is 0.240 e. The SMILES string of the molecule is CC(Cl)C(=O)N(C)Cc1ccc(Cl)cc1Cl. The van der Waals surface area contributed by atoms with Crippen molar-refractivity contribution in [1.29, 1.82) is 0 Å². The van der Waals surface area contributed by atoms with Crippen LogP contribution < -0.4 is 0 Å². The third-order valence-electron chi connectivity index (χ3n) is 2.14. The predicted octanol–water partition coefficient (Wildman–Crippen LogP) is 3.58. The topological polar surface area (TPSA) is 20.3 Å². The van der Waals surface area contributed by atoms with Crippen molar-refractivity contribution in [3.05, 3.63) is 33.8 Å². The first-order valence-electron chi connectivity index (χ1n) is 4.74. The minimum Gasteiger partial charge on any atom is -0.340 e. The maximum atomic E-state index is 11.6. The normalized spacial score (nSPS) is 12.3. The number of alkyl halides is 1. The van der Waals surface area contributed by atoms with Gasteiger partial charge < -0.3 is 4.90 Å². The zero-order chi connectivity index (χ0) is 12.3. The van der Waals surface area contributed by atoms with E-state index in [1.807, 2.05) is 0 Å². The first-order valence-corrected chi connectivity index (χ1v) is 5.94. The lowest BCUT2D eigenvalue weighted by Crippen LogP contribution is -2.31. The van der Waals surface area contributed by atoms with Crippen LogP contribution in [0, 0.1) is 0 Å². The van der Waals surface area contributed by atoms with E-state index < -0.39 is 5.38 Å². The maximum Gasteiger partial charge on any atom is 0.240 e. The molecule has 0 heterocycles. The Labute approximate surface area is 110 Å². The van der Waals surface area contributed by atoms with Crippen molar-refractivity contribution in [3.63, 3.8) is 0 Å². The molecule has 5 heteroatoms. The van der Waals surface area contributed by atoms with Crippen LogP contribution in [0.3, 0.4) is 0 Å². The molecule has 1 aromatic rings. The quantitative estimate of drug-likeness (QED) is 0.775. The molecule has 0 aliphatic heterocycles. The molecule has 1 unspecified atom stereocenters. The molecule has 1 rings (SSSR count). The molecule has 0 saturated carbocycles. The van der Waals surface area contributed by atoms with E-state index in [9.17, 15) is 4.79 Å². The molecule has 0 aliphatic rings. The van der Waals surface area contributed by atoms with Gasteiger partial charge in [0.05, 0.1) is 0 Å². The number of halogens is 3. The van der Waals surface area contributed by atoms with Gasteiger partial charge in [0.15, 0.2) is 0 Å². The third-order valence-corrected chi connectivity index (χ3v) is 2.91. The summed E-state index contributed by atoms with van der Waals surface area (Å²) < 4.78 is 0. The number of hydrogen-bond donors (Lipinski definition) is 0. The van der Waals surface area contributed by atoms with E-state index in [0.29, 0.717) is 16.6 Å². The van der Waals surface area contributed by atoms with E-state index >= 15 is 0 Å². The van der Waals surface area contributed by atoms with Gasteiger partial charge in [-0.25, -0.2) is 0 Å². The summed E-state index contributed by atoms with van der Waals surface area (Å²) in [6, 6.07) is 5.19. The van der Waals surface area contributed by atoms with E-state index in [4.69, 9.17) is 34.8 Å². The molecule has 0 radical (unpaired) electrons. The minimum absolute atomic E-state index is 0.132. The highest BCUT2D eigenvalue weighted by Gasteiger charge is 2.15. The summed E-state index contributed by atoms with van der Waals surface area (Å²) in [5.41, 5.74) is 0.847. The highest BCUT2D eigenvalue weighted by molar-refractivity contribution is 6.35. The molecule has 1 atom stereocenters. The van der Waals surface area contributed by atoms with Crippen molar-refractivity contribution in [2.75, 3.05) is 7.05 Å². The molecule has 1 aromatic carbocycles. The lowest BCUT2D eigenvalue weighted by molar-refractivity contribution is -0.129. The minimum atomic E-state index is -0.531. The van der Waals surface area contributed by atoms with Crippen LogP contribution >= 0.6 is 34.8 Å². The molecule has 0 N–H and O–H groups in total. The van der Waals surface area contributed by atoms with Crippen LogP contribution in [0.25, 0.3) is 0 Å². The van der Waals surface area contributed by atoms with Crippen LogP contribution in [0.2, 0.25) is 10.0 Å². The molecular weight excluding hydrogens is 268 g/mol. The maximum absolute atomic E-state index is 11.6. The van der Waals surface area contributed by atoms with Gasteiger partial charge in [-0.2, -0.15) is 0 Å². The summed E-state index contributed by atoms with van der Waals surface area (Å²) in [6.45, 7) is 2.07. The lowest BCUT2D eigenvalue weighted by Gasteiger charge is -2.19. The van der Waals surface area contributed by atoms with Crippen LogP contribution in [0.4, 0.5) is 0 Å². The van der Waals surface area contributed by atoms with E-state index in [0.717, 1.165) is 5.56 Å². The fraction of sp³-hybridized carbons (Fsp3) is 0.364. The van der Waals surface area contributed by atoms with Gasteiger partial charge in [-0.1, -0.05) is 29.3 Å². The predicted molar refractivity (Wildman–Crippen MR) is 68.3 cm³/mol. The molecule has 0 spiro atoms. The molecule has 0 fully saturated rings. The van der Waals surface area contributed by atoms with E-state index in [1.165, 1.54) is 4.90 Å². The second-order valence-electron chi connectivity index (χ2n) is 3.55. The second kappa shape index (κ2) is 5.76. The van der Waals surface area contributed by atoms with Gasteiger partial charge in [0.2, 0.25) is 5.91 Å². The Morgan fingerprint density at radius 3 is 2.56 bits per heavy atom. The number of carbonyl (C=O) groups excluding carboxylic acids is 1. The average molecular weight is 281 g/mol. The standard InChI is InChI=1S/C11H12Cl3NO/c1-7(12)11(16)15(2)6-8-3-4-9(13)5-10(8)14/h3-5,7H,6H2,1-2H3. The average Bonchev–Trinajstić information content (AvgIpc) is 2.20. The fourth-order valence-corrected chi connectivity index (χ4v) is 1.92. The lowest BCUT2D eigenvalue weighted by atomic mass is 10.2. The summed E-state index contributed by atoms with van der Waals surface area (Å²) >= 11 is 17.5. The number of carbonyl (C=O) groups is 1. The number of nitrogens with zero attached hydrogens (tertiary/aromatic N) is 1. The van der Waals surface area contributed by atoms with Crippen molar-refractivity contribution in [3.8, 4) is 0 Å². The highest BCUT2D eigenvalue weighted by atomic mass is 35.5. The Morgan fingerprint density at radius 1 is 1.44 bits per heavy atom. The second-order valence-corrected chi connectivity index (χ2v) is 5.04. The first-order chi connectivity index (χ1) is 7.41. The van der Waals surface area contributed by atoms with E-state index in [-0.39, 0.29) is 5.91 Å². The molecule has 0 saturated heterocycles. The van der Waals surface area contributed by atoms with Gasteiger partial charge in [0, 0.05) is 23.6 Å². The Bertz CT molecular complexity index is 393. The molecule has 2 nitrogen and oxygen atoms in total. The van der Waals surface area contributed by atoms with Crippen LogP contribution in [-0.2, 0) is 11.3 Å².